The highest BCUT2D eigenvalue weighted by Crippen LogP contribution is 2.12. The Kier molecular flexibility index (Phi) is 5.21. The van der Waals surface area contributed by atoms with Crippen molar-refractivity contribution in [3.63, 3.8) is 0 Å². The molecule has 0 spiro atoms. The first-order valence-electron chi connectivity index (χ1n) is 6.88. The van der Waals surface area contributed by atoms with Crippen LogP contribution < -0.4 is 5.32 Å². The first-order chi connectivity index (χ1) is 10.1. The highest BCUT2D eigenvalue weighted by molar-refractivity contribution is 5.67. The van der Waals surface area contributed by atoms with Crippen molar-refractivity contribution in [1.29, 1.82) is 0 Å². The van der Waals surface area contributed by atoms with Gasteiger partial charge in [-0.05, 0) is 36.6 Å². The molecule has 0 aliphatic carbocycles. The Morgan fingerprint density at radius 1 is 1.14 bits per heavy atom. The summed E-state index contributed by atoms with van der Waals surface area (Å²) in [5.74, 6) is 0.228. The van der Waals surface area contributed by atoms with Crippen LogP contribution in [0.25, 0.3) is 0 Å². The summed E-state index contributed by atoms with van der Waals surface area (Å²) >= 11 is 0. The summed E-state index contributed by atoms with van der Waals surface area (Å²) in [4.78, 5) is 11.7. The lowest BCUT2D eigenvalue weighted by atomic mass is 10.1. The Balaban J connectivity index is 1.77. The lowest BCUT2D eigenvalue weighted by molar-refractivity contribution is 0.136. The van der Waals surface area contributed by atoms with E-state index in [1.807, 2.05) is 43.3 Å². The number of aromatic hydroxyl groups is 1. The van der Waals surface area contributed by atoms with Crippen LogP contribution in [0, 0.1) is 0 Å². The van der Waals surface area contributed by atoms with E-state index in [1.54, 1.807) is 18.2 Å². The summed E-state index contributed by atoms with van der Waals surface area (Å²) in [7, 11) is 0. The van der Waals surface area contributed by atoms with Crippen molar-refractivity contribution in [2.24, 2.45) is 0 Å². The lowest BCUT2D eigenvalue weighted by Gasteiger charge is -2.14. The SMILES string of the molecule is CC(Cc1cccc(O)c1)NC(=O)OCc1ccccc1. The van der Waals surface area contributed by atoms with Gasteiger partial charge < -0.3 is 15.2 Å². The molecule has 4 heteroatoms. The van der Waals surface area contributed by atoms with E-state index in [1.165, 1.54) is 0 Å². The number of phenolic OH excluding ortho intramolecular Hbond substituents is 1. The Morgan fingerprint density at radius 2 is 1.86 bits per heavy atom. The molecule has 4 nitrogen and oxygen atoms in total. The molecule has 0 bridgehead atoms. The third-order valence-electron chi connectivity index (χ3n) is 3.03. The molecular weight excluding hydrogens is 266 g/mol. The molecule has 0 heterocycles. The summed E-state index contributed by atoms with van der Waals surface area (Å²) in [5.41, 5.74) is 1.92. The van der Waals surface area contributed by atoms with Gasteiger partial charge in [0, 0.05) is 6.04 Å². The maximum absolute atomic E-state index is 11.7. The zero-order chi connectivity index (χ0) is 15.1. The number of hydrogen-bond donors (Lipinski definition) is 2. The average molecular weight is 285 g/mol. The van der Waals surface area contributed by atoms with E-state index in [9.17, 15) is 9.90 Å². The summed E-state index contributed by atoms with van der Waals surface area (Å²) in [6.07, 6.45) is 0.195. The molecular formula is C17H19NO3. The van der Waals surface area contributed by atoms with Gasteiger partial charge in [0.15, 0.2) is 0 Å². The second kappa shape index (κ2) is 7.33. The first-order valence-corrected chi connectivity index (χ1v) is 6.88. The van der Waals surface area contributed by atoms with Crippen molar-refractivity contribution in [3.05, 3.63) is 65.7 Å². The highest BCUT2D eigenvalue weighted by atomic mass is 16.5. The molecule has 2 aromatic carbocycles. The van der Waals surface area contributed by atoms with Crippen molar-refractivity contribution in [2.75, 3.05) is 0 Å². The molecule has 0 aromatic heterocycles. The van der Waals surface area contributed by atoms with Gasteiger partial charge in [-0.3, -0.25) is 0 Å². The second-order valence-corrected chi connectivity index (χ2v) is 4.98. The number of carbonyl (C=O) groups is 1. The summed E-state index contributed by atoms with van der Waals surface area (Å²) in [6.45, 7) is 2.15. The topological polar surface area (TPSA) is 58.6 Å². The maximum atomic E-state index is 11.7. The average Bonchev–Trinajstić information content (AvgIpc) is 2.46. The Hall–Kier alpha value is -2.49. The van der Waals surface area contributed by atoms with Gasteiger partial charge in [-0.25, -0.2) is 4.79 Å². The summed E-state index contributed by atoms with van der Waals surface area (Å²) < 4.78 is 5.16. The van der Waals surface area contributed by atoms with Crippen molar-refractivity contribution in [1.82, 2.24) is 5.32 Å². The van der Waals surface area contributed by atoms with Crippen LogP contribution in [0.15, 0.2) is 54.6 Å². The number of nitrogens with one attached hydrogen (secondary N) is 1. The van der Waals surface area contributed by atoms with E-state index in [-0.39, 0.29) is 18.4 Å². The van der Waals surface area contributed by atoms with Crippen LogP contribution in [-0.2, 0) is 17.8 Å². The molecule has 2 N–H and O–H groups in total. The van der Waals surface area contributed by atoms with Gasteiger partial charge in [-0.15, -0.1) is 0 Å². The molecule has 110 valence electrons. The molecule has 0 saturated carbocycles. The zero-order valence-corrected chi connectivity index (χ0v) is 12.0. The fourth-order valence-corrected chi connectivity index (χ4v) is 2.05. The minimum atomic E-state index is -0.438. The standard InChI is InChI=1S/C17H19NO3/c1-13(10-15-8-5-9-16(19)11-15)18-17(20)21-12-14-6-3-2-4-7-14/h2-9,11,13,19H,10,12H2,1H3,(H,18,20). The zero-order valence-electron chi connectivity index (χ0n) is 12.0. The molecule has 2 rings (SSSR count). The van der Waals surface area contributed by atoms with Crippen LogP contribution in [-0.4, -0.2) is 17.2 Å². The number of rotatable bonds is 5. The maximum Gasteiger partial charge on any atom is 0.407 e. The van der Waals surface area contributed by atoms with Gasteiger partial charge in [0.05, 0.1) is 0 Å². The monoisotopic (exact) mass is 285 g/mol. The third kappa shape index (κ3) is 5.18. The fraction of sp³-hybridized carbons (Fsp3) is 0.235. The molecule has 0 aliphatic rings. The Labute approximate surface area is 124 Å². The summed E-state index contributed by atoms with van der Waals surface area (Å²) in [6, 6.07) is 16.5. The van der Waals surface area contributed by atoms with Gasteiger partial charge in [0.2, 0.25) is 0 Å². The van der Waals surface area contributed by atoms with E-state index >= 15 is 0 Å². The number of carbonyl (C=O) groups excluding carboxylic acids is 1. The van der Waals surface area contributed by atoms with Gasteiger partial charge >= 0.3 is 6.09 Å². The molecule has 1 atom stereocenters. The van der Waals surface area contributed by atoms with Crippen LogP contribution in [0.4, 0.5) is 4.79 Å². The molecule has 0 saturated heterocycles. The van der Waals surface area contributed by atoms with Crippen LogP contribution in [0.1, 0.15) is 18.1 Å². The molecule has 1 amide bonds. The Morgan fingerprint density at radius 3 is 2.57 bits per heavy atom. The van der Waals surface area contributed by atoms with Crippen LogP contribution in [0.2, 0.25) is 0 Å². The molecule has 0 aliphatic heterocycles. The van der Waals surface area contributed by atoms with E-state index in [0.717, 1.165) is 11.1 Å². The van der Waals surface area contributed by atoms with E-state index in [4.69, 9.17) is 4.74 Å². The minimum absolute atomic E-state index is 0.0740. The van der Waals surface area contributed by atoms with Crippen LogP contribution in [0.5, 0.6) is 5.75 Å². The van der Waals surface area contributed by atoms with Crippen molar-refractivity contribution >= 4 is 6.09 Å². The van der Waals surface area contributed by atoms with Crippen molar-refractivity contribution in [3.8, 4) is 5.75 Å². The lowest BCUT2D eigenvalue weighted by Crippen LogP contribution is -2.34. The predicted octanol–water partition coefficient (Wildman–Crippen LogP) is 3.25. The number of ether oxygens (including phenoxy) is 1. The highest BCUT2D eigenvalue weighted by Gasteiger charge is 2.09. The van der Waals surface area contributed by atoms with E-state index in [2.05, 4.69) is 5.32 Å². The molecule has 0 radical (unpaired) electrons. The van der Waals surface area contributed by atoms with Gasteiger partial charge in [0.25, 0.3) is 0 Å². The number of hydrogen-bond acceptors (Lipinski definition) is 3. The smallest absolute Gasteiger partial charge is 0.407 e. The third-order valence-corrected chi connectivity index (χ3v) is 3.03. The van der Waals surface area contributed by atoms with Gasteiger partial charge in [0.1, 0.15) is 12.4 Å². The van der Waals surface area contributed by atoms with E-state index in [0.29, 0.717) is 6.42 Å². The molecule has 21 heavy (non-hydrogen) atoms. The van der Waals surface area contributed by atoms with Gasteiger partial charge in [-0.1, -0.05) is 42.5 Å². The number of phenols is 1. The van der Waals surface area contributed by atoms with Gasteiger partial charge in [-0.2, -0.15) is 0 Å². The minimum Gasteiger partial charge on any atom is -0.508 e. The normalized spacial score (nSPS) is 11.7. The van der Waals surface area contributed by atoms with Crippen molar-refractivity contribution in [2.45, 2.75) is 26.0 Å². The van der Waals surface area contributed by atoms with E-state index < -0.39 is 6.09 Å². The summed E-state index contributed by atoms with van der Waals surface area (Å²) in [5, 5.41) is 12.2. The van der Waals surface area contributed by atoms with Crippen LogP contribution in [0.3, 0.4) is 0 Å². The molecule has 0 fully saturated rings. The molecule has 1 unspecified atom stereocenters. The second-order valence-electron chi connectivity index (χ2n) is 4.98. The first kappa shape index (κ1) is 14.9. The number of amides is 1. The number of alkyl carbamates (subject to hydrolysis) is 1. The quantitative estimate of drug-likeness (QED) is 0.886. The number of benzene rings is 2. The largest absolute Gasteiger partial charge is 0.508 e. The predicted molar refractivity (Wildman–Crippen MR) is 81.0 cm³/mol. The fourth-order valence-electron chi connectivity index (χ4n) is 2.05. The van der Waals surface area contributed by atoms with Crippen LogP contribution >= 0.6 is 0 Å². The van der Waals surface area contributed by atoms with Crippen molar-refractivity contribution < 1.29 is 14.6 Å². The molecule has 2 aromatic rings. The Bertz CT molecular complexity index is 584.